The van der Waals surface area contributed by atoms with E-state index in [1.165, 1.54) is 12.0 Å². The molecule has 0 atom stereocenters. The minimum Gasteiger partial charge on any atom is -0.257 e. The lowest BCUT2D eigenvalue weighted by Gasteiger charge is -1.93. The van der Waals surface area contributed by atoms with Gasteiger partial charge in [0.25, 0.3) is 0 Å². The molecular weight excluding hydrogens is 134 g/mol. The van der Waals surface area contributed by atoms with Gasteiger partial charge in [0, 0.05) is 6.20 Å². The van der Waals surface area contributed by atoms with E-state index in [4.69, 9.17) is 0 Å². The van der Waals surface area contributed by atoms with Gasteiger partial charge in [-0.05, 0) is 31.1 Å². The van der Waals surface area contributed by atoms with Gasteiger partial charge in [-0.3, -0.25) is 5.32 Å². The average Bonchev–Trinajstić information content (AvgIpc) is 2.37. The zero-order chi connectivity index (χ0) is 8.10. The molecular formula is C10H14N. The second kappa shape index (κ2) is 4.02. The van der Waals surface area contributed by atoms with E-state index < -0.39 is 0 Å². The number of hydrogen-bond donors (Lipinski definition) is 0. The number of allylic oxidation sites excluding steroid dienone is 4. The van der Waals surface area contributed by atoms with Crippen LogP contribution in [0.15, 0.2) is 35.7 Å². The summed E-state index contributed by atoms with van der Waals surface area (Å²) >= 11 is 0. The summed E-state index contributed by atoms with van der Waals surface area (Å²) in [5, 5.41) is 4.20. The van der Waals surface area contributed by atoms with Crippen LogP contribution in [0.2, 0.25) is 0 Å². The number of hydrogen-bond acceptors (Lipinski definition) is 0. The molecule has 0 unspecified atom stereocenters. The Morgan fingerprint density at radius 3 is 2.91 bits per heavy atom. The van der Waals surface area contributed by atoms with E-state index in [1.54, 1.807) is 0 Å². The van der Waals surface area contributed by atoms with Gasteiger partial charge < -0.3 is 0 Å². The number of unbranched alkanes of at least 4 members (excludes halogenated alkanes) is 1. The molecule has 0 amide bonds. The molecule has 1 aliphatic heterocycles. The fourth-order valence-electron chi connectivity index (χ4n) is 0.953. The Labute approximate surface area is 68.5 Å². The molecule has 0 aliphatic carbocycles. The Morgan fingerprint density at radius 2 is 2.36 bits per heavy atom. The Hall–Kier alpha value is -0.980. The molecule has 1 radical (unpaired) electrons. The van der Waals surface area contributed by atoms with Crippen LogP contribution < -0.4 is 5.32 Å². The molecule has 0 bridgehead atoms. The Morgan fingerprint density at radius 1 is 1.55 bits per heavy atom. The SMILES string of the molecule is CCCC=CC1=C(C)C=C[N]1. The van der Waals surface area contributed by atoms with Crippen molar-refractivity contribution in [3.63, 3.8) is 0 Å². The largest absolute Gasteiger partial charge is 0.257 e. The third kappa shape index (κ3) is 2.26. The van der Waals surface area contributed by atoms with Crippen LogP contribution in [0, 0.1) is 0 Å². The Kier molecular flexibility index (Phi) is 2.96. The van der Waals surface area contributed by atoms with Crippen molar-refractivity contribution in [2.24, 2.45) is 0 Å². The summed E-state index contributed by atoms with van der Waals surface area (Å²) in [5.74, 6) is 0. The van der Waals surface area contributed by atoms with E-state index in [-0.39, 0.29) is 0 Å². The van der Waals surface area contributed by atoms with Crippen molar-refractivity contribution < 1.29 is 0 Å². The van der Waals surface area contributed by atoms with Crippen LogP contribution in [-0.4, -0.2) is 0 Å². The van der Waals surface area contributed by atoms with Crippen LogP contribution in [0.25, 0.3) is 0 Å². The van der Waals surface area contributed by atoms with Crippen LogP contribution in [0.1, 0.15) is 26.7 Å². The van der Waals surface area contributed by atoms with Crippen LogP contribution in [-0.2, 0) is 0 Å². The molecule has 59 valence electrons. The molecule has 0 aromatic carbocycles. The van der Waals surface area contributed by atoms with Crippen LogP contribution in [0.5, 0.6) is 0 Å². The number of rotatable bonds is 3. The normalized spacial score (nSPS) is 16.5. The highest BCUT2D eigenvalue weighted by molar-refractivity contribution is 5.36. The molecule has 1 heterocycles. The predicted octanol–water partition coefficient (Wildman–Crippen LogP) is 2.75. The van der Waals surface area contributed by atoms with Crippen molar-refractivity contribution >= 4 is 0 Å². The molecule has 1 heteroatoms. The van der Waals surface area contributed by atoms with Crippen molar-refractivity contribution in [3.05, 3.63) is 35.7 Å². The summed E-state index contributed by atoms with van der Waals surface area (Å²) in [6, 6.07) is 0. The van der Waals surface area contributed by atoms with E-state index >= 15 is 0 Å². The zero-order valence-electron chi connectivity index (χ0n) is 7.17. The fraction of sp³-hybridized carbons (Fsp3) is 0.400. The van der Waals surface area contributed by atoms with Gasteiger partial charge in [-0.15, -0.1) is 0 Å². The highest BCUT2D eigenvalue weighted by atomic mass is 14.9. The van der Waals surface area contributed by atoms with Gasteiger partial charge in [0.1, 0.15) is 0 Å². The Bertz CT molecular complexity index is 209. The first-order chi connectivity index (χ1) is 5.34. The van der Waals surface area contributed by atoms with Gasteiger partial charge in [-0.25, -0.2) is 0 Å². The third-order valence-electron chi connectivity index (χ3n) is 1.67. The third-order valence-corrected chi connectivity index (χ3v) is 1.67. The maximum atomic E-state index is 4.20. The van der Waals surface area contributed by atoms with E-state index in [0.717, 1.165) is 12.1 Å². The Balaban J connectivity index is 2.44. The molecule has 1 nitrogen and oxygen atoms in total. The number of nitrogens with zero attached hydrogens (tertiary/aromatic N) is 1. The van der Waals surface area contributed by atoms with Crippen molar-refractivity contribution in [1.29, 1.82) is 0 Å². The van der Waals surface area contributed by atoms with Crippen molar-refractivity contribution in [1.82, 2.24) is 5.32 Å². The monoisotopic (exact) mass is 148 g/mol. The molecule has 0 saturated heterocycles. The van der Waals surface area contributed by atoms with Gasteiger partial charge in [0.15, 0.2) is 0 Å². The lowest BCUT2D eigenvalue weighted by molar-refractivity contribution is 0.954. The second-order valence-corrected chi connectivity index (χ2v) is 2.70. The first kappa shape index (κ1) is 8.12. The molecule has 1 rings (SSSR count). The lowest BCUT2D eigenvalue weighted by atomic mass is 10.2. The van der Waals surface area contributed by atoms with Crippen molar-refractivity contribution in [3.8, 4) is 0 Å². The van der Waals surface area contributed by atoms with E-state index in [9.17, 15) is 0 Å². The highest BCUT2D eigenvalue weighted by Gasteiger charge is 2.00. The van der Waals surface area contributed by atoms with Gasteiger partial charge in [-0.2, -0.15) is 0 Å². The average molecular weight is 148 g/mol. The highest BCUT2D eigenvalue weighted by Crippen LogP contribution is 2.11. The first-order valence-corrected chi connectivity index (χ1v) is 4.09. The lowest BCUT2D eigenvalue weighted by Crippen LogP contribution is -1.88. The van der Waals surface area contributed by atoms with Crippen LogP contribution >= 0.6 is 0 Å². The molecule has 0 fully saturated rings. The smallest absolute Gasteiger partial charge is 0.0656 e. The quantitative estimate of drug-likeness (QED) is 0.584. The molecule has 11 heavy (non-hydrogen) atoms. The zero-order valence-corrected chi connectivity index (χ0v) is 7.17. The van der Waals surface area contributed by atoms with Crippen LogP contribution in [0.4, 0.5) is 0 Å². The molecule has 1 aliphatic rings. The summed E-state index contributed by atoms with van der Waals surface area (Å²) < 4.78 is 0. The fourth-order valence-corrected chi connectivity index (χ4v) is 0.953. The molecule has 0 aromatic rings. The van der Waals surface area contributed by atoms with E-state index in [1.807, 2.05) is 12.3 Å². The summed E-state index contributed by atoms with van der Waals surface area (Å²) in [7, 11) is 0. The van der Waals surface area contributed by atoms with Crippen molar-refractivity contribution in [2.45, 2.75) is 26.7 Å². The van der Waals surface area contributed by atoms with Gasteiger partial charge in [0.2, 0.25) is 0 Å². The molecule has 0 aromatic heterocycles. The van der Waals surface area contributed by atoms with E-state index in [0.29, 0.717) is 0 Å². The second-order valence-electron chi connectivity index (χ2n) is 2.70. The maximum absolute atomic E-state index is 4.20. The van der Waals surface area contributed by atoms with Gasteiger partial charge >= 0.3 is 0 Å². The van der Waals surface area contributed by atoms with Crippen LogP contribution in [0.3, 0.4) is 0 Å². The molecule has 0 N–H and O–H groups in total. The molecule has 0 spiro atoms. The predicted molar refractivity (Wildman–Crippen MR) is 48.0 cm³/mol. The van der Waals surface area contributed by atoms with Crippen molar-refractivity contribution in [2.75, 3.05) is 0 Å². The summed E-state index contributed by atoms with van der Waals surface area (Å²) in [5.41, 5.74) is 2.37. The summed E-state index contributed by atoms with van der Waals surface area (Å²) in [4.78, 5) is 0. The molecule has 0 saturated carbocycles. The summed E-state index contributed by atoms with van der Waals surface area (Å²) in [6.45, 7) is 4.26. The summed E-state index contributed by atoms with van der Waals surface area (Å²) in [6.07, 6.45) is 10.5. The van der Waals surface area contributed by atoms with Gasteiger partial charge in [-0.1, -0.05) is 19.4 Å². The first-order valence-electron chi connectivity index (χ1n) is 4.09. The standard InChI is InChI=1S/C10H14N/c1-3-4-5-6-10-9(2)7-8-11-10/h5-8H,3-4H2,1-2H3. The minimum atomic E-state index is 1.11. The van der Waals surface area contributed by atoms with E-state index in [2.05, 4.69) is 31.3 Å². The minimum absolute atomic E-state index is 1.11. The maximum Gasteiger partial charge on any atom is 0.0656 e. The topological polar surface area (TPSA) is 14.1 Å². The van der Waals surface area contributed by atoms with Gasteiger partial charge in [0.05, 0.1) is 5.70 Å².